The average Bonchev–Trinajstić information content (AvgIpc) is 3.27. The minimum Gasteiger partial charge on any atom is -0.444 e. The van der Waals surface area contributed by atoms with E-state index in [1.165, 1.54) is 12.1 Å². The topological polar surface area (TPSA) is 66.9 Å². The van der Waals surface area contributed by atoms with Crippen LogP contribution in [0.5, 0.6) is 0 Å². The van der Waals surface area contributed by atoms with Crippen molar-refractivity contribution in [2.24, 2.45) is 0 Å². The van der Waals surface area contributed by atoms with Crippen LogP contribution in [0.1, 0.15) is 59.4 Å². The first-order valence-electron chi connectivity index (χ1n) is 10.7. The summed E-state index contributed by atoms with van der Waals surface area (Å²) in [5, 5.41) is 0. The number of hydrogen-bond acceptors (Lipinski definition) is 4. The van der Waals surface area contributed by atoms with Crippen LogP contribution >= 0.6 is 0 Å². The summed E-state index contributed by atoms with van der Waals surface area (Å²) in [5.74, 6) is -8.46. The summed E-state index contributed by atoms with van der Waals surface area (Å²) in [6.45, 7) is 4.28. The summed E-state index contributed by atoms with van der Waals surface area (Å²) in [6.07, 6.45) is -0.988. The lowest BCUT2D eigenvalue weighted by atomic mass is 9.94. The van der Waals surface area contributed by atoms with Gasteiger partial charge in [0.1, 0.15) is 5.60 Å². The van der Waals surface area contributed by atoms with E-state index >= 15 is 0 Å². The van der Waals surface area contributed by atoms with Gasteiger partial charge in [0.15, 0.2) is 23.3 Å². The average molecular weight is 478 g/mol. The third-order valence-electron chi connectivity index (χ3n) is 5.87. The zero-order chi connectivity index (χ0) is 24.9. The first kappa shape index (κ1) is 23.7. The molecular weight excluding hydrogens is 456 g/mol. The fourth-order valence-corrected chi connectivity index (χ4v) is 4.41. The van der Waals surface area contributed by atoms with E-state index in [-0.39, 0.29) is 36.7 Å². The van der Waals surface area contributed by atoms with Gasteiger partial charge in [-0.25, -0.2) is 22.4 Å². The van der Waals surface area contributed by atoms with Crippen LogP contribution < -0.4 is 0 Å². The molecule has 34 heavy (non-hydrogen) atoms. The molecule has 0 spiro atoms. The molecule has 0 unspecified atom stereocenters. The maximum Gasteiger partial charge on any atom is 0.410 e. The fraction of sp³-hybridized carbons (Fsp3) is 0.375. The van der Waals surface area contributed by atoms with Gasteiger partial charge in [-0.05, 0) is 39.3 Å². The Kier molecular flexibility index (Phi) is 5.87. The molecule has 2 aromatic carbocycles. The number of fused-ring (bicyclic) bond motifs is 1. The second-order valence-corrected chi connectivity index (χ2v) is 9.37. The van der Waals surface area contributed by atoms with Crippen LogP contribution in [0.15, 0.2) is 30.3 Å². The predicted octanol–water partition coefficient (Wildman–Crippen LogP) is 4.63. The second kappa shape index (κ2) is 8.41. The predicted molar refractivity (Wildman–Crippen MR) is 112 cm³/mol. The molecule has 1 fully saturated rings. The van der Waals surface area contributed by atoms with E-state index in [1.54, 1.807) is 32.9 Å². The monoisotopic (exact) mass is 478 g/mol. The molecule has 180 valence electrons. The van der Waals surface area contributed by atoms with Gasteiger partial charge in [0, 0.05) is 30.6 Å². The summed E-state index contributed by atoms with van der Waals surface area (Å²) < 4.78 is 62.1. The number of likely N-dealkylation sites (tertiary alicyclic amines) is 1. The number of imide groups is 1. The number of carbonyl (C=O) groups is 3. The molecule has 2 heterocycles. The molecule has 3 amide bonds. The number of nitrogens with zero attached hydrogens (tertiary/aromatic N) is 2. The van der Waals surface area contributed by atoms with Gasteiger partial charge < -0.3 is 9.64 Å². The molecule has 2 aromatic rings. The first-order chi connectivity index (χ1) is 15.9. The number of hydrogen-bond donors (Lipinski definition) is 0. The number of ether oxygens (including phenoxy) is 1. The lowest BCUT2D eigenvalue weighted by Gasteiger charge is -2.30. The highest BCUT2D eigenvalue weighted by molar-refractivity contribution is 6.21. The Labute approximate surface area is 193 Å². The zero-order valence-corrected chi connectivity index (χ0v) is 18.7. The number of rotatable bonds is 3. The van der Waals surface area contributed by atoms with Crippen LogP contribution in [0.2, 0.25) is 0 Å². The van der Waals surface area contributed by atoms with Gasteiger partial charge in [-0.3, -0.25) is 14.5 Å². The van der Waals surface area contributed by atoms with Crippen molar-refractivity contribution in [2.45, 2.75) is 44.8 Å². The van der Waals surface area contributed by atoms with E-state index in [4.69, 9.17) is 4.74 Å². The van der Waals surface area contributed by atoms with Gasteiger partial charge in [-0.1, -0.05) is 12.1 Å². The van der Waals surface area contributed by atoms with E-state index in [0.717, 1.165) is 9.80 Å². The lowest BCUT2D eigenvalue weighted by Crippen LogP contribution is -2.46. The van der Waals surface area contributed by atoms with E-state index in [0.29, 0.717) is 0 Å². The Bertz CT molecular complexity index is 1130. The van der Waals surface area contributed by atoms with Gasteiger partial charge in [-0.15, -0.1) is 0 Å². The minimum atomic E-state index is -1.55. The summed E-state index contributed by atoms with van der Waals surface area (Å²) in [6, 6.07) is 5.43. The van der Waals surface area contributed by atoms with E-state index < -0.39 is 64.3 Å². The van der Waals surface area contributed by atoms with E-state index in [1.807, 2.05) is 0 Å². The van der Waals surface area contributed by atoms with Crippen LogP contribution in [0.25, 0.3) is 0 Å². The summed E-state index contributed by atoms with van der Waals surface area (Å²) >= 11 is 0. The van der Waals surface area contributed by atoms with Crippen LogP contribution in [-0.2, 0) is 4.74 Å². The smallest absolute Gasteiger partial charge is 0.410 e. The Morgan fingerprint density at radius 3 is 2.03 bits per heavy atom. The Morgan fingerprint density at radius 1 is 1.00 bits per heavy atom. The van der Waals surface area contributed by atoms with Crippen LogP contribution in [-0.4, -0.2) is 52.4 Å². The first-order valence-corrected chi connectivity index (χ1v) is 10.7. The van der Waals surface area contributed by atoms with Crippen molar-refractivity contribution in [2.75, 3.05) is 13.1 Å². The lowest BCUT2D eigenvalue weighted by molar-refractivity contribution is 0.0189. The van der Waals surface area contributed by atoms with Gasteiger partial charge in [0.05, 0.1) is 17.2 Å². The molecule has 2 aliphatic rings. The Balaban J connectivity index is 1.67. The second-order valence-electron chi connectivity index (χ2n) is 9.37. The standard InChI is InChI=1S/C24H22F4N2O4/c1-24(2,3)34-23(33)29-10-12(18-19(27)16(25)9-17(26)20(18)28)8-13(29)11-30-21(31)14-6-4-5-7-15(14)22(30)32/h4-7,9,12-13H,8,10-11H2,1-3H3/t12-,13+/m0/s1. The van der Waals surface area contributed by atoms with E-state index in [2.05, 4.69) is 0 Å². The maximum atomic E-state index is 14.5. The largest absolute Gasteiger partial charge is 0.444 e. The maximum absolute atomic E-state index is 14.5. The van der Waals surface area contributed by atoms with Crippen molar-refractivity contribution in [1.82, 2.24) is 9.80 Å². The van der Waals surface area contributed by atoms with Crippen molar-refractivity contribution >= 4 is 17.9 Å². The normalized spacial score (nSPS) is 20.2. The number of amides is 3. The fourth-order valence-electron chi connectivity index (χ4n) is 4.41. The highest BCUT2D eigenvalue weighted by atomic mass is 19.2. The van der Waals surface area contributed by atoms with Gasteiger partial charge in [0.2, 0.25) is 0 Å². The number of carbonyl (C=O) groups excluding carboxylic acids is 3. The summed E-state index contributed by atoms with van der Waals surface area (Å²) in [7, 11) is 0. The molecule has 1 saturated heterocycles. The minimum absolute atomic E-state index is 0.116. The van der Waals surface area contributed by atoms with Gasteiger partial charge >= 0.3 is 6.09 Å². The molecule has 0 N–H and O–H groups in total. The van der Waals surface area contributed by atoms with Crippen molar-refractivity contribution in [3.63, 3.8) is 0 Å². The SMILES string of the molecule is CC(C)(C)OC(=O)N1C[C@@H](c2c(F)c(F)cc(F)c2F)C[C@@H]1CN1C(=O)c2ccccc2C1=O. The molecule has 0 saturated carbocycles. The van der Waals surface area contributed by atoms with E-state index in [9.17, 15) is 31.9 Å². The molecular formula is C24H22F4N2O4. The molecule has 2 aliphatic heterocycles. The summed E-state index contributed by atoms with van der Waals surface area (Å²) in [5.41, 5.74) is -1.32. The third-order valence-corrected chi connectivity index (χ3v) is 5.87. The zero-order valence-electron chi connectivity index (χ0n) is 18.7. The molecule has 10 heteroatoms. The van der Waals surface area contributed by atoms with Crippen LogP contribution in [0.4, 0.5) is 22.4 Å². The molecule has 4 rings (SSSR count). The number of benzene rings is 2. The molecule has 2 atom stereocenters. The molecule has 0 radical (unpaired) electrons. The van der Waals surface area contributed by atoms with Crippen molar-refractivity contribution in [3.8, 4) is 0 Å². The van der Waals surface area contributed by atoms with Crippen molar-refractivity contribution in [3.05, 3.63) is 70.3 Å². The summed E-state index contributed by atoms with van der Waals surface area (Å²) in [4.78, 5) is 40.6. The third kappa shape index (κ3) is 4.12. The van der Waals surface area contributed by atoms with Crippen molar-refractivity contribution in [1.29, 1.82) is 0 Å². The van der Waals surface area contributed by atoms with Crippen LogP contribution in [0.3, 0.4) is 0 Å². The molecule has 0 bridgehead atoms. The Hall–Kier alpha value is -3.43. The molecule has 0 aromatic heterocycles. The highest BCUT2D eigenvalue weighted by Gasteiger charge is 2.45. The van der Waals surface area contributed by atoms with Crippen LogP contribution in [0, 0.1) is 23.3 Å². The van der Waals surface area contributed by atoms with Gasteiger partial charge in [-0.2, -0.15) is 0 Å². The highest BCUT2D eigenvalue weighted by Crippen LogP contribution is 2.38. The molecule has 6 nitrogen and oxygen atoms in total. The van der Waals surface area contributed by atoms with Crippen molar-refractivity contribution < 1.29 is 36.7 Å². The quantitative estimate of drug-likeness (QED) is 0.367. The van der Waals surface area contributed by atoms with Gasteiger partial charge in [0.25, 0.3) is 11.8 Å². The molecule has 0 aliphatic carbocycles. The number of halogens is 4. The Morgan fingerprint density at radius 2 is 1.53 bits per heavy atom.